The number of hydrogen-bond acceptors (Lipinski definition) is 3. The number of H-pyrrole nitrogens is 1. The van der Waals surface area contributed by atoms with Crippen LogP contribution in [-0.2, 0) is 11.2 Å². The third-order valence-electron chi connectivity index (χ3n) is 2.14. The zero-order chi connectivity index (χ0) is 9.42. The van der Waals surface area contributed by atoms with Gasteiger partial charge in [0.2, 0.25) is 0 Å². The molecular formula is C8H9NO4. The predicted octanol–water partition coefficient (Wildman–Crippen LogP) is 0.472. The first-order valence-electron chi connectivity index (χ1n) is 4.10. The number of hydrogen-bond donors (Lipinski definition) is 2. The molecule has 0 atom stereocenters. The van der Waals surface area contributed by atoms with Crippen LogP contribution in [0.25, 0.3) is 0 Å². The lowest BCUT2D eigenvalue weighted by molar-refractivity contribution is -0.136. The van der Waals surface area contributed by atoms with Gasteiger partial charge in [0.05, 0.1) is 17.7 Å². The highest BCUT2D eigenvalue weighted by molar-refractivity contribution is 5.70. The Kier molecular flexibility index (Phi) is 1.72. The smallest absolute Gasteiger partial charge is 0.361 e. The molecule has 1 fully saturated rings. The Morgan fingerprint density at radius 3 is 2.85 bits per heavy atom. The van der Waals surface area contributed by atoms with Crippen molar-refractivity contribution in [2.45, 2.75) is 25.2 Å². The van der Waals surface area contributed by atoms with Crippen molar-refractivity contribution in [2.75, 3.05) is 0 Å². The van der Waals surface area contributed by atoms with E-state index in [1.54, 1.807) is 0 Å². The lowest BCUT2D eigenvalue weighted by atomic mass is 10.1. The third-order valence-corrected chi connectivity index (χ3v) is 2.14. The van der Waals surface area contributed by atoms with E-state index in [4.69, 9.17) is 5.11 Å². The largest absolute Gasteiger partial charge is 0.481 e. The maximum atomic E-state index is 11.0. The van der Waals surface area contributed by atoms with Crippen molar-refractivity contribution >= 4 is 5.97 Å². The number of aromatic nitrogens is 1. The van der Waals surface area contributed by atoms with Gasteiger partial charge in [-0.25, -0.2) is 9.95 Å². The molecule has 1 aromatic rings. The molecule has 5 nitrogen and oxygen atoms in total. The van der Waals surface area contributed by atoms with Crippen LogP contribution >= 0.6 is 0 Å². The first-order valence-corrected chi connectivity index (χ1v) is 4.10. The monoisotopic (exact) mass is 183 g/mol. The van der Waals surface area contributed by atoms with E-state index >= 15 is 0 Å². The molecule has 0 saturated heterocycles. The summed E-state index contributed by atoms with van der Waals surface area (Å²) in [5.41, 5.74) is 0.395. The molecule has 13 heavy (non-hydrogen) atoms. The molecule has 5 heteroatoms. The number of carboxylic acid groups (broad SMARTS) is 1. The van der Waals surface area contributed by atoms with Gasteiger partial charge in [0.1, 0.15) is 0 Å². The van der Waals surface area contributed by atoms with Crippen molar-refractivity contribution in [3.05, 3.63) is 21.7 Å². The first kappa shape index (κ1) is 8.10. The minimum atomic E-state index is -1.01. The lowest BCUT2D eigenvalue weighted by Gasteiger charge is -1.93. The zero-order valence-electron chi connectivity index (χ0n) is 6.87. The number of aromatic amines is 1. The van der Waals surface area contributed by atoms with Gasteiger partial charge in [-0.05, 0) is 12.8 Å². The van der Waals surface area contributed by atoms with E-state index in [0.29, 0.717) is 11.6 Å². The highest BCUT2D eigenvalue weighted by atomic mass is 16.5. The summed E-state index contributed by atoms with van der Waals surface area (Å²) < 4.78 is 4.55. The predicted molar refractivity (Wildman–Crippen MR) is 42.6 cm³/mol. The second-order valence-corrected chi connectivity index (χ2v) is 3.23. The lowest BCUT2D eigenvalue weighted by Crippen LogP contribution is -2.10. The molecule has 1 heterocycles. The quantitative estimate of drug-likeness (QED) is 0.713. The minimum absolute atomic E-state index is 0.252. The average Bonchev–Trinajstić information content (AvgIpc) is 2.81. The summed E-state index contributed by atoms with van der Waals surface area (Å²) in [4.78, 5) is 21.5. The molecule has 0 aliphatic heterocycles. The van der Waals surface area contributed by atoms with E-state index in [-0.39, 0.29) is 12.0 Å². The van der Waals surface area contributed by atoms with Crippen LogP contribution in [0.2, 0.25) is 0 Å². The molecule has 70 valence electrons. The van der Waals surface area contributed by atoms with Crippen molar-refractivity contribution < 1.29 is 14.4 Å². The fourth-order valence-corrected chi connectivity index (χ4v) is 1.35. The van der Waals surface area contributed by atoms with Gasteiger partial charge in [0.25, 0.3) is 0 Å². The molecule has 1 aliphatic carbocycles. The van der Waals surface area contributed by atoms with E-state index in [2.05, 4.69) is 9.68 Å². The van der Waals surface area contributed by atoms with Crippen LogP contribution in [0.1, 0.15) is 30.0 Å². The standard InChI is InChI=1S/C8H9NO4/c10-6(11)3-5-7(4-1-2-4)9-13-8(5)12/h4,9H,1-3H2,(H,10,11). The molecule has 1 aliphatic rings. The summed E-state index contributed by atoms with van der Waals surface area (Å²) in [5, 5.41) is 11.0. The average molecular weight is 183 g/mol. The molecule has 1 saturated carbocycles. The molecular weight excluding hydrogens is 174 g/mol. The van der Waals surface area contributed by atoms with Gasteiger partial charge in [-0.2, -0.15) is 0 Å². The molecule has 0 radical (unpaired) electrons. The highest BCUT2D eigenvalue weighted by Gasteiger charge is 2.30. The number of nitrogens with one attached hydrogen (secondary N) is 1. The summed E-state index contributed by atoms with van der Waals surface area (Å²) in [6.07, 6.45) is 1.75. The van der Waals surface area contributed by atoms with Crippen LogP contribution in [0, 0.1) is 0 Å². The number of rotatable bonds is 3. The Bertz CT molecular complexity index is 385. The minimum Gasteiger partial charge on any atom is -0.481 e. The number of aliphatic carboxylic acids is 1. The zero-order valence-corrected chi connectivity index (χ0v) is 6.87. The molecule has 0 unspecified atom stereocenters. The summed E-state index contributed by atoms with van der Waals surface area (Å²) in [7, 11) is 0. The Hall–Kier alpha value is -1.52. The van der Waals surface area contributed by atoms with Crippen molar-refractivity contribution in [3.8, 4) is 0 Å². The van der Waals surface area contributed by atoms with E-state index in [9.17, 15) is 9.59 Å². The van der Waals surface area contributed by atoms with Gasteiger partial charge in [-0.15, -0.1) is 0 Å². The maximum Gasteiger partial charge on any atom is 0.361 e. The summed E-state index contributed by atoms with van der Waals surface area (Å²) >= 11 is 0. The van der Waals surface area contributed by atoms with Gasteiger partial charge in [0, 0.05) is 5.92 Å². The van der Waals surface area contributed by atoms with Crippen LogP contribution in [-0.4, -0.2) is 16.2 Å². The van der Waals surface area contributed by atoms with Crippen molar-refractivity contribution in [2.24, 2.45) is 0 Å². The van der Waals surface area contributed by atoms with E-state index in [1.807, 2.05) is 0 Å². The van der Waals surface area contributed by atoms with Gasteiger partial charge in [-0.3, -0.25) is 4.79 Å². The molecule has 2 N–H and O–H groups in total. The fraction of sp³-hybridized carbons (Fsp3) is 0.500. The van der Waals surface area contributed by atoms with Gasteiger partial charge in [-0.1, -0.05) is 0 Å². The summed E-state index contributed by atoms with van der Waals surface area (Å²) in [6, 6.07) is 0. The Labute approximate surface area is 73.3 Å². The highest BCUT2D eigenvalue weighted by Crippen LogP contribution is 2.40. The SMILES string of the molecule is O=C(O)Cc1c(C2CC2)[nH]oc1=O. The van der Waals surface area contributed by atoms with Gasteiger partial charge in [0.15, 0.2) is 0 Å². The maximum absolute atomic E-state index is 11.0. The second-order valence-electron chi connectivity index (χ2n) is 3.23. The van der Waals surface area contributed by atoms with Gasteiger partial charge >= 0.3 is 11.6 Å². The topological polar surface area (TPSA) is 83.3 Å². The second kappa shape index (κ2) is 2.76. The van der Waals surface area contributed by atoms with E-state index in [1.165, 1.54) is 0 Å². The third kappa shape index (κ3) is 1.49. The molecule has 2 rings (SSSR count). The summed E-state index contributed by atoms with van der Waals surface area (Å²) in [6.45, 7) is 0. The van der Waals surface area contributed by atoms with Gasteiger partial charge < -0.3 is 9.63 Å². The van der Waals surface area contributed by atoms with Crippen LogP contribution in [0.3, 0.4) is 0 Å². The van der Waals surface area contributed by atoms with Crippen molar-refractivity contribution in [3.63, 3.8) is 0 Å². The van der Waals surface area contributed by atoms with Crippen molar-refractivity contribution in [1.82, 2.24) is 5.16 Å². The van der Waals surface area contributed by atoms with Crippen LogP contribution < -0.4 is 5.63 Å². The van der Waals surface area contributed by atoms with E-state index in [0.717, 1.165) is 12.8 Å². The number of carbonyl (C=O) groups is 1. The fourth-order valence-electron chi connectivity index (χ4n) is 1.35. The molecule has 0 amide bonds. The molecule has 0 aromatic carbocycles. The summed E-state index contributed by atoms with van der Waals surface area (Å²) in [5.74, 6) is -0.699. The normalized spacial score (nSPS) is 16.0. The Balaban J connectivity index is 2.34. The van der Waals surface area contributed by atoms with E-state index < -0.39 is 11.6 Å². The Morgan fingerprint density at radius 1 is 1.62 bits per heavy atom. The van der Waals surface area contributed by atoms with Crippen LogP contribution in [0.15, 0.2) is 9.32 Å². The van der Waals surface area contributed by atoms with Crippen molar-refractivity contribution in [1.29, 1.82) is 0 Å². The molecule has 0 bridgehead atoms. The first-order chi connectivity index (χ1) is 6.18. The Morgan fingerprint density at radius 2 is 2.31 bits per heavy atom. The van der Waals surface area contributed by atoms with Crippen LogP contribution in [0.4, 0.5) is 0 Å². The van der Waals surface area contributed by atoms with Crippen LogP contribution in [0.5, 0.6) is 0 Å². The number of carboxylic acids is 1. The molecule has 1 aromatic heterocycles. The molecule has 0 spiro atoms.